The number of aryl methyl sites for hydroxylation is 1. The van der Waals surface area contributed by atoms with Gasteiger partial charge in [-0.25, -0.2) is 0 Å². The van der Waals surface area contributed by atoms with Crippen molar-refractivity contribution in [2.75, 3.05) is 11.4 Å². The van der Waals surface area contributed by atoms with Crippen molar-refractivity contribution in [3.05, 3.63) is 58.6 Å². The van der Waals surface area contributed by atoms with Gasteiger partial charge in [-0.15, -0.1) is 0 Å². The van der Waals surface area contributed by atoms with Crippen LogP contribution in [0.4, 0.5) is 11.4 Å². The van der Waals surface area contributed by atoms with E-state index >= 15 is 0 Å². The van der Waals surface area contributed by atoms with Crippen LogP contribution in [0.25, 0.3) is 0 Å². The molecule has 0 unspecified atom stereocenters. The number of nitrogens with zero attached hydrogens (tertiary/aromatic N) is 1. The molecule has 2 aromatic rings. The van der Waals surface area contributed by atoms with Gasteiger partial charge in [0.15, 0.2) is 0 Å². The zero-order valence-corrected chi connectivity index (χ0v) is 12.1. The van der Waals surface area contributed by atoms with Crippen LogP contribution in [0.5, 0.6) is 0 Å². The third-order valence-corrected chi connectivity index (χ3v) is 3.45. The number of rotatable bonds is 4. The molecule has 0 saturated heterocycles. The highest BCUT2D eigenvalue weighted by Crippen LogP contribution is 2.30. The van der Waals surface area contributed by atoms with Crippen LogP contribution >= 0.6 is 11.6 Å². The highest BCUT2D eigenvalue weighted by Gasteiger charge is 2.11. The molecule has 0 amide bonds. The van der Waals surface area contributed by atoms with Crippen LogP contribution < -0.4 is 10.6 Å². The summed E-state index contributed by atoms with van der Waals surface area (Å²) in [5.74, 6) is 0. The van der Waals surface area contributed by atoms with E-state index in [1.165, 1.54) is 11.3 Å². The van der Waals surface area contributed by atoms with Crippen molar-refractivity contribution in [3.8, 4) is 0 Å². The number of halogens is 1. The molecule has 0 spiro atoms. The molecule has 0 radical (unpaired) electrons. The predicted molar refractivity (Wildman–Crippen MR) is 83.2 cm³/mol. The van der Waals surface area contributed by atoms with Gasteiger partial charge in [0, 0.05) is 29.5 Å². The monoisotopic (exact) mass is 274 g/mol. The summed E-state index contributed by atoms with van der Waals surface area (Å²) in [6.07, 6.45) is 0. The van der Waals surface area contributed by atoms with Gasteiger partial charge < -0.3 is 10.6 Å². The SMILES string of the molecule is CCN(c1ccc(C)cc1)c1ccc(Cl)cc1CN. The van der Waals surface area contributed by atoms with Crippen molar-refractivity contribution >= 4 is 23.0 Å². The van der Waals surface area contributed by atoms with Gasteiger partial charge in [-0.3, -0.25) is 0 Å². The smallest absolute Gasteiger partial charge is 0.0457 e. The summed E-state index contributed by atoms with van der Waals surface area (Å²) in [5.41, 5.74) is 10.4. The van der Waals surface area contributed by atoms with E-state index < -0.39 is 0 Å². The number of benzene rings is 2. The van der Waals surface area contributed by atoms with Gasteiger partial charge >= 0.3 is 0 Å². The number of nitrogens with two attached hydrogens (primary N) is 1. The molecular weight excluding hydrogens is 256 g/mol. The van der Waals surface area contributed by atoms with Crippen LogP contribution in [0.2, 0.25) is 5.02 Å². The van der Waals surface area contributed by atoms with Gasteiger partial charge in [0.05, 0.1) is 0 Å². The second-order valence-electron chi connectivity index (χ2n) is 4.56. The lowest BCUT2D eigenvalue weighted by Gasteiger charge is -2.26. The first-order chi connectivity index (χ1) is 9.15. The van der Waals surface area contributed by atoms with Crippen LogP contribution in [0, 0.1) is 6.92 Å². The fraction of sp³-hybridized carbons (Fsp3) is 0.250. The zero-order valence-electron chi connectivity index (χ0n) is 11.4. The molecule has 0 aliphatic heterocycles. The second-order valence-corrected chi connectivity index (χ2v) is 4.99. The van der Waals surface area contributed by atoms with Crippen LogP contribution in [0.15, 0.2) is 42.5 Å². The molecule has 3 heteroatoms. The summed E-state index contributed by atoms with van der Waals surface area (Å²) >= 11 is 6.04. The fourth-order valence-corrected chi connectivity index (χ4v) is 2.39. The first kappa shape index (κ1) is 13.9. The highest BCUT2D eigenvalue weighted by molar-refractivity contribution is 6.30. The van der Waals surface area contributed by atoms with Gasteiger partial charge in [0.1, 0.15) is 0 Å². The zero-order chi connectivity index (χ0) is 13.8. The third kappa shape index (κ3) is 3.09. The molecule has 100 valence electrons. The molecule has 0 fully saturated rings. The first-order valence-electron chi connectivity index (χ1n) is 6.48. The fourth-order valence-electron chi connectivity index (χ4n) is 2.20. The van der Waals surface area contributed by atoms with Crippen molar-refractivity contribution in [2.45, 2.75) is 20.4 Å². The minimum Gasteiger partial charge on any atom is -0.342 e. The van der Waals surface area contributed by atoms with Crippen molar-refractivity contribution in [2.24, 2.45) is 5.73 Å². The van der Waals surface area contributed by atoms with Gasteiger partial charge in [-0.1, -0.05) is 29.3 Å². The highest BCUT2D eigenvalue weighted by atomic mass is 35.5. The molecule has 0 bridgehead atoms. The molecule has 0 aliphatic rings. The maximum atomic E-state index is 6.04. The summed E-state index contributed by atoms with van der Waals surface area (Å²) in [7, 11) is 0. The maximum Gasteiger partial charge on any atom is 0.0457 e. The van der Waals surface area contributed by atoms with E-state index in [1.54, 1.807) is 0 Å². The molecule has 2 rings (SSSR count). The Balaban J connectivity index is 2.44. The number of hydrogen-bond acceptors (Lipinski definition) is 2. The Morgan fingerprint density at radius 3 is 2.37 bits per heavy atom. The van der Waals surface area contributed by atoms with Crippen molar-refractivity contribution in [1.29, 1.82) is 0 Å². The Kier molecular flexibility index (Phi) is 4.46. The molecule has 19 heavy (non-hydrogen) atoms. The van der Waals surface area contributed by atoms with Crippen molar-refractivity contribution in [1.82, 2.24) is 0 Å². The lowest BCUT2D eigenvalue weighted by atomic mass is 10.1. The maximum absolute atomic E-state index is 6.04. The van der Waals surface area contributed by atoms with Crippen molar-refractivity contribution < 1.29 is 0 Å². The second kappa shape index (κ2) is 6.09. The van der Waals surface area contributed by atoms with Gasteiger partial charge in [0.2, 0.25) is 0 Å². The molecule has 2 N–H and O–H groups in total. The summed E-state index contributed by atoms with van der Waals surface area (Å²) in [5, 5.41) is 0.726. The molecule has 0 aromatic heterocycles. The Labute approximate surface area is 119 Å². The Morgan fingerprint density at radius 2 is 1.79 bits per heavy atom. The topological polar surface area (TPSA) is 29.3 Å². The summed E-state index contributed by atoms with van der Waals surface area (Å²) < 4.78 is 0. The Bertz CT molecular complexity index is 549. The molecule has 0 aliphatic carbocycles. The summed E-state index contributed by atoms with van der Waals surface area (Å²) in [6, 6.07) is 14.4. The van der Waals surface area contributed by atoms with Crippen LogP contribution in [0.3, 0.4) is 0 Å². The normalized spacial score (nSPS) is 10.5. The summed E-state index contributed by atoms with van der Waals surface area (Å²) in [4.78, 5) is 2.25. The van der Waals surface area contributed by atoms with E-state index in [0.29, 0.717) is 6.54 Å². The summed E-state index contributed by atoms with van der Waals surface area (Å²) in [6.45, 7) is 5.60. The molecule has 2 nitrogen and oxygen atoms in total. The van der Waals surface area contributed by atoms with E-state index in [-0.39, 0.29) is 0 Å². The van der Waals surface area contributed by atoms with Crippen molar-refractivity contribution in [3.63, 3.8) is 0 Å². The van der Waals surface area contributed by atoms with Crippen LogP contribution in [-0.4, -0.2) is 6.54 Å². The van der Waals surface area contributed by atoms with E-state index in [4.69, 9.17) is 17.3 Å². The van der Waals surface area contributed by atoms with E-state index in [1.807, 2.05) is 18.2 Å². The largest absolute Gasteiger partial charge is 0.342 e. The molecule has 0 heterocycles. The van der Waals surface area contributed by atoms with Crippen LogP contribution in [0.1, 0.15) is 18.1 Å². The average molecular weight is 275 g/mol. The Morgan fingerprint density at radius 1 is 1.11 bits per heavy atom. The molecule has 0 saturated carbocycles. The van der Waals surface area contributed by atoms with E-state index in [0.717, 1.165) is 22.8 Å². The Hall–Kier alpha value is -1.51. The molecule has 0 atom stereocenters. The van der Waals surface area contributed by atoms with E-state index in [9.17, 15) is 0 Å². The molecule has 2 aromatic carbocycles. The van der Waals surface area contributed by atoms with Gasteiger partial charge in [-0.2, -0.15) is 0 Å². The standard InChI is InChI=1S/C16H19ClN2/c1-3-19(15-7-4-12(2)5-8-15)16-9-6-14(17)10-13(16)11-18/h4-10H,3,11,18H2,1-2H3. The predicted octanol–water partition coefficient (Wildman–Crippen LogP) is 4.27. The number of hydrogen-bond donors (Lipinski definition) is 1. The lowest BCUT2D eigenvalue weighted by Crippen LogP contribution is -2.18. The minimum atomic E-state index is 0.484. The first-order valence-corrected chi connectivity index (χ1v) is 6.86. The van der Waals surface area contributed by atoms with E-state index in [2.05, 4.69) is 43.0 Å². The quantitative estimate of drug-likeness (QED) is 0.902. The molecular formula is C16H19ClN2. The lowest BCUT2D eigenvalue weighted by molar-refractivity contribution is 0.983. The van der Waals surface area contributed by atoms with Crippen LogP contribution in [-0.2, 0) is 6.54 Å². The average Bonchev–Trinajstić information content (AvgIpc) is 2.43. The number of anilines is 2. The third-order valence-electron chi connectivity index (χ3n) is 3.21. The van der Waals surface area contributed by atoms with Gasteiger partial charge in [-0.05, 0) is 49.7 Å². The van der Waals surface area contributed by atoms with Gasteiger partial charge in [0.25, 0.3) is 0 Å². The minimum absolute atomic E-state index is 0.484.